The molecule has 240 valence electrons. The smallest absolute Gasteiger partial charge is 0.303 e. The van der Waals surface area contributed by atoms with Crippen LogP contribution in [0.4, 0.5) is 0 Å². The molecular formula is C31H31IO13. The summed E-state index contributed by atoms with van der Waals surface area (Å²) in [5.74, 6) is -4.79. The summed E-state index contributed by atoms with van der Waals surface area (Å²) < 4.78 is 27.6. The second-order valence-electron chi connectivity index (χ2n) is 11.3. The van der Waals surface area contributed by atoms with Gasteiger partial charge in [-0.3, -0.25) is 24.0 Å². The predicted octanol–water partition coefficient (Wildman–Crippen LogP) is 2.62. The van der Waals surface area contributed by atoms with Gasteiger partial charge in [0.05, 0.1) is 36.0 Å². The molecule has 1 heterocycles. The molecule has 0 aromatic heterocycles. The van der Waals surface area contributed by atoms with Crippen molar-refractivity contribution >= 4 is 51.9 Å². The standard InChI is InChI=1S/C31H31IO13/c1-11-28(43-13(3)34)29(44-14(4)35)23(32)30(42-11)45-18-10-31(40,12(2)33)9-16-20(18)27(39)22-21(25(16)37)24(36)15-7-6-8-17(41-5)19(15)26(22)38/h6-8,11,18,23,28-30,37,39-40H,9-10H2,1-5H3/t11-,18+,23+,28-,29-,30-,31-/m0/s1. The Bertz CT molecular complexity index is 1630. The van der Waals surface area contributed by atoms with Crippen LogP contribution in [0.1, 0.15) is 83.2 Å². The third-order valence-electron chi connectivity index (χ3n) is 8.34. The Balaban J connectivity index is 1.64. The summed E-state index contributed by atoms with van der Waals surface area (Å²) in [6.07, 6.45) is -6.42. The minimum Gasteiger partial charge on any atom is -0.507 e. The van der Waals surface area contributed by atoms with E-state index in [1.165, 1.54) is 39.2 Å². The molecule has 45 heavy (non-hydrogen) atoms. The van der Waals surface area contributed by atoms with Gasteiger partial charge in [0.1, 0.15) is 26.8 Å². The van der Waals surface area contributed by atoms with Crippen LogP contribution in [0.3, 0.4) is 0 Å². The van der Waals surface area contributed by atoms with Gasteiger partial charge in [-0.25, -0.2) is 0 Å². The van der Waals surface area contributed by atoms with E-state index in [2.05, 4.69) is 0 Å². The maximum atomic E-state index is 13.8. The van der Waals surface area contributed by atoms with Gasteiger partial charge in [-0.2, -0.15) is 0 Å². The van der Waals surface area contributed by atoms with Crippen molar-refractivity contribution < 1.29 is 63.0 Å². The van der Waals surface area contributed by atoms with E-state index in [1.54, 1.807) is 6.92 Å². The molecule has 3 N–H and O–H groups in total. The number of carbonyl (C=O) groups excluding carboxylic acids is 5. The van der Waals surface area contributed by atoms with Crippen LogP contribution in [-0.4, -0.2) is 85.8 Å². The van der Waals surface area contributed by atoms with Crippen molar-refractivity contribution in [1.82, 2.24) is 0 Å². The molecule has 1 fully saturated rings. The minimum absolute atomic E-state index is 0.0527. The van der Waals surface area contributed by atoms with Crippen molar-refractivity contribution in [2.45, 2.75) is 80.8 Å². The number of alkyl halides is 1. The number of phenols is 2. The first-order chi connectivity index (χ1) is 21.1. The number of fused-ring (bicyclic) bond motifs is 3. The average Bonchev–Trinajstić information content (AvgIpc) is 2.96. The van der Waals surface area contributed by atoms with E-state index < -0.39 is 105 Å². The number of benzene rings is 2. The van der Waals surface area contributed by atoms with Gasteiger partial charge in [0, 0.05) is 43.4 Å². The summed E-state index contributed by atoms with van der Waals surface area (Å²) in [7, 11) is 1.32. The first-order valence-corrected chi connectivity index (χ1v) is 15.3. The summed E-state index contributed by atoms with van der Waals surface area (Å²) in [4.78, 5) is 64.0. The molecule has 5 rings (SSSR count). The lowest BCUT2D eigenvalue weighted by molar-refractivity contribution is -0.265. The molecular weight excluding hydrogens is 707 g/mol. The van der Waals surface area contributed by atoms with Gasteiger partial charge < -0.3 is 39.0 Å². The molecule has 0 spiro atoms. The molecule has 0 radical (unpaired) electrons. The normalized spacial score (nSPS) is 28.8. The molecule has 3 aliphatic rings. The van der Waals surface area contributed by atoms with Crippen LogP contribution in [0.25, 0.3) is 0 Å². The zero-order chi connectivity index (χ0) is 33.1. The van der Waals surface area contributed by atoms with Crippen LogP contribution >= 0.6 is 22.6 Å². The van der Waals surface area contributed by atoms with E-state index in [-0.39, 0.29) is 28.0 Å². The molecule has 0 saturated carbocycles. The van der Waals surface area contributed by atoms with Crippen LogP contribution in [0.15, 0.2) is 18.2 Å². The third-order valence-corrected chi connectivity index (χ3v) is 9.64. The Kier molecular flexibility index (Phi) is 8.72. The van der Waals surface area contributed by atoms with E-state index in [0.29, 0.717) is 0 Å². The van der Waals surface area contributed by atoms with Crippen molar-refractivity contribution in [3.63, 3.8) is 0 Å². The fraction of sp³-hybridized carbons (Fsp3) is 0.452. The SMILES string of the molecule is COc1cccc2c1C(=O)c1c(O)c3c(c(O)c1C2=O)C[C@@](O)(C(C)=O)C[C@H]3O[C@@H]1O[C@@H](C)[C@H](OC(C)=O)[C@@H](OC(C)=O)[C@H]1I. The number of phenolic OH excluding ortho intramolecular Hbond substituents is 2. The van der Waals surface area contributed by atoms with Crippen LogP contribution in [0.2, 0.25) is 0 Å². The van der Waals surface area contributed by atoms with Gasteiger partial charge in [0.25, 0.3) is 0 Å². The minimum atomic E-state index is -2.10. The molecule has 0 unspecified atom stereocenters. The van der Waals surface area contributed by atoms with Gasteiger partial charge >= 0.3 is 11.9 Å². The van der Waals surface area contributed by atoms with Crippen molar-refractivity contribution in [2.75, 3.05) is 7.11 Å². The Hall–Kier alpha value is -3.60. The fourth-order valence-electron chi connectivity index (χ4n) is 6.22. The molecule has 2 aromatic carbocycles. The highest BCUT2D eigenvalue weighted by atomic mass is 127. The highest BCUT2D eigenvalue weighted by Crippen LogP contribution is 2.53. The maximum Gasteiger partial charge on any atom is 0.303 e. The molecule has 0 amide bonds. The lowest BCUT2D eigenvalue weighted by Crippen LogP contribution is -2.58. The first kappa shape index (κ1) is 32.8. The van der Waals surface area contributed by atoms with E-state index >= 15 is 0 Å². The third kappa shape index (κ3) is 5.47. The van der Waals surface area contributed by atoms with Crippen LogP contribution in [-0.2, 0) is 39.8 Å². The van der Waals surface area contributed by atoms with Gasteiger partial charge in [-0.1, -0.05) is 34.7 Å². The number of aliphatic hydroxyl groups is 1. The van der Waals surface area contributed by atoms with E-state index in [0.717, 1.165) is 6.92 Å². The van der Waals surface area contributed by atoms with Gasteiger partial charge in [0.2, 0.25) is 5.78 Å². The van der Waals surface area contributed by atoms with Crippen molar-refractivity contribution in [3.8, 4) is 17.2 Å². The van der Waals surface area contributed by atoms with Gasteiger partial charge in [0.15, 0.2) is 30.1 Å². The molecule has 1 saturated heterocycles. The number of carbonyl (C=O) groups is 5. The summed E-state index contributed by atoms with van der Waals surface area (Å²) in [5, 5.41) is 34.6. The Labute approximate surface area is 270 Å². The zero-order valence-electron chi connectivity index (χ0n) is 24.9. The number of hydrogen-bond donors (Lipinski definition) is 3. The fourth-order valence-corrected chi connectivity index (χ4v) is 7.11. The van der Waals surface area contributed by atoms with E-state index in [1.807, 2.05) is 22.6 Å². The maximum absolute atomic E-state index is 13.8. The summed E-state index contributed by atoms with van der Waals surface area (Å²) in [5.41, 5.74) is -3.49. The lowest BCUT2D eigenvalue weighted by atomic mass is 9.72. The second-order valence-corrected chi connectivity index (χ2v) is 12.7. The number of rotatable bonds is 6. The Morgan fingerprint density at radius 3 is 2.18 bits per heavy atom. The first-order valence-electron chi connectivity index (χ1n) is 14.0. The highest BCUT2D eigenvalue weighted by molar-refractivity contribution is 14.1. The largest absolute Gasteiger partial charge is 0.507 e. The number of hydrogen-bond acceptors (Lipinski definition) is 13. The van der Waals surface area contributed by atoms with Gasteiger partial charge in [-0.15, -0.1) is 0 Å². The number of aromatic hydroxyl groups is 2. The monoisotopic (exact) mass is 738 g/mol. The number of halogens is 1. The quantitative estimate of drug-likeness (QED) is 0.145. The summed E-state index contributed by atoms with van der Waals surface area (Å²) >= 11 is 1.90. The number of ether oxygens (including phenoxy) is 5. The molecule has 14 heteroatoms. The lowest BCUT2D eigenvalue weighted by Gasteiger charge is -2.45. The van der Waals surface area contributed by atoms with Crippen LogP contribution in [0.5, 0.6) is 17.2 Å². The van der Waals surface area contributed by atoms with Crippen LogP contribution in [0, 0.1) is 0 Å². The second kappa shape index (κ2) is 12.0. The topological polar surface area (TPSA) is 192 Å². The van der Waals surface area contributed by atoms with E-state index in [9.17, 15) is 39.3 Å². The van der Waals surface area contributed by atoms with Gasteiger partial charge in [-0.05, 0) is 19.9 Å². The Morgan fingerprint density at radius 1 is 0.956 bits per heavy atom. The number of esters is 2. The molecule has 2 aliphatic carbocycles. The highest BCUT2D eigenvalue weighted by Gasteiger charge is 2.52. The molecule has 7 atom stereocenters. The summed E-state index contributed by atoms with van der Waals surface area (Å²) in [6.45, 7) is 5.09. The van der Waals surface area contributed by atoms with E-state index in [4.69, 9.17) is 23.7 Å². The summed E-state index contributed by atoms with van der Waals surface area (Å²) in [6, 6.07) is 4.37. The molecule has 13 nitrogen and oxygen atoms in total. The average molecular weight is 738 g/mol. The van der Waals surface area contributed by atoms with Crippen molar-refractivity contribution in [2.24, 2.45) is 0 Å². The molecule has 1 aliphatic heterocycles. The zero-order valence-corrected chi connectivity index (χ0v) is 27.1. The molecule has 0 bridgehead atoms. The van der Waals surface area contributed by atoms with Crippen molar-refractivity contribution in [1.29, 1.82) is 0 Å². The number of ketones is 3. The Morgan fingerprint density at radius 2 is 1.58 bits per heavy atom. The number of Topliss-reactive ketones (excluding diaryl/α,β-unsaturated/α-hetero) is 1. The van der Waals surface area contributed by atoms with Crippen LogP contribution < -0.4 is 4.74 Å². The predicted molar refractivity (Wildman–Crippen MR) is 161 cm³/mol. The van der Waals surface area contributed by atoms with Crippen molar-refractivity contribution in [3.05, 3.63) is 51.6 Å². The molecule has 2 aromatic rings. The number of methoxy groups -OCH3 is 1.